The second-order valence-corrected chi connectivity index (χ2v) is 10.0. The average molecular weight is 447 g/mol. The second-order valence-electron chi connectivity index (χ2n) is 7.82. The molecule has 6 heteroatoms. The van der Waals surface area contributed by atoms with Crippen LogP contribution >= 0.6 is 12.6 Å². The molecule has 0 aromatic carbocycles. The standard InChI is InChI=1S/C22H46O3S2.Na.H/c1-2-3-4-5-6-7-8-9-10-11-12-13-14-15-16-17-18-19-20-25-27(23,24)22-21-26;;/h26H,2-22H2,1H3;;/q;+1;-1. The molecular formula is C22H47NaO3S2. The molecule has 0 saturated heterocycles. The van der Waals surface area contributed by atoms with Crippen molar-refractivity contribution in [3.05, 3.63) is 0 Å². The maximum atomic E-state index is 11.3. The molecule has 0 aliphatic heterocycles. The zero-order valence-electron chi connectivity index (χ0n) is 19.9. The molecule has 0 N–H and O–H groups in total. The summed E-state index contributed by atoms with van der Waals surface area (Å²) in [5, 5.41) is 0. The molecule has 3 nitrogen and oxygen atoms in total. The largest absolute Gasteiger partial charge is 1.00 e. The summed E-state index contributed by atoms with van der Waals surface area (Å²) in [5.41, 5.74) is 0. The summed E-state index contributed by atoms with van der Waals surface area (Å²) in [4.78, 5) is 0. The van der Waals surface area contributed by atoms with Crippen molar-refractivity contribution >= 4 is 22.7 Å². The Kier molecular flexibility index (Phi) is 27.5. The fraction of sp³-hybridized carbons (Fsp3) is 1.00. The van der Waals surface area contributed by atoms with E-state index < -0.39 is 10.1 Å². The Bertz CT molecular complexity index is 396. The first-order valence-electron chi connectivity index (χ1n) is 11.6. The normalized spacial score (nSPS) is 11.5. The third-order valence-corrected chi connectivity index (χ3v) is 6.86. The van der Waals surface area contributed by atoms with Gasteiger partial charge in [-0.2, -0.15) is 21.0 Å². The fourth-order valence-electron chi connectivity index (χ4n) is 3.36. The van der Waals surface area contributed by atoms with E-state index in [1.807, 2.05) is 0 Å². The van der Waals surface area contributed by atoms with Crippen LogP contribution in [0.5, 0.6) is 0 Å². The summed E-state index contributed by atoms with van der Waals surface area (Å²) in [6.07, 6.45) is 24.0. The van der Waals surface area contributed by atoms with Crippen LogP contribution in [0.15, 0.2) is 0 Å². The SMILES string of the molecule is CCCCCCCCCCCCCCCCCCCCOS(=O)(=O)CCS.[H-].[Na+]. The van der Waals surface area contributed by atoms with Crippen molar-refractivity contribution in [3.8, 4) is 0 Å². The molecule has 0 spiro atoms. The molecule has 166 valence electrons. The molecule has 0 unspecified atom stereocenters. The smallest absolute Gasteiger partial charge is 1.00 e. The van der Waals surface area contributed by atoms with Crippen LogP contribution < -0.4 is 29.6 Å². The summed E-state index contributed by atoms with van der Waals surface area (Å²) in [5.74, 6) is 0.330. The maximum absolute atomic E-state index is 11.3. The van der Waals surface area contributed by atoms with E-state index in [-0.39, 0.29) is 36.7 Å². The van der Waals surface area contributed by atoms with Gasteiger partial charge >= 0.3 is 29.6 Å². The zero-order chi connectivity index (χ0) is 20.1. The van der Waals surface area contributed by atoms with E-state index in [0.717, 1.165) is 12.8 Å². The molecule has 0 radical (unpaired) electrons. The molecule has 0 aliphatic carbocycles. The first-order valence-corrected chi connectivity index (χ1v) is 13.8. The van der Waals surface area contributed by atoms with Crippen LogP contribution in [0, 0.1) is 0 Å². The van der Waals surface area contributed by atoms with Gasteiger partial charge in [-0.05, 0) is 6.42 Å². The van der Waals surface area contributed by atoms with Gasteiger partial charge in [0.2, 0.25) is 0 Å². The fourth-order valence-corrected chi connectivity index (χ4v) is 4.74. The summed E-state index contributed by atoms with van der Waals surface area (Å²) in [6.45, 7) is 2.61. The Morgan fingerprint density at radius 2 is 0.964 bits per heavy atom. The van der Waals surface area contributed by atoms with Crippen molar-refractivity contribution in [2.24, 2.45) is 0 Å². The third kappa shape index (κ3) is 25.3. The van der Waals surface area contributed by atoms with E-state index >= 15 is 0 Å². The van der Waals surface area contributed by atoms with Crippen LogP contribution in [-0.2, 0) is 14.3 Å². The van der Waals surface area contributed by atoms with Crippen molar-refractivity contribution in [1.29, 1.82) is 0 Å². The van der Waals surface area contributed by atoms with Gasteiger partial charge in [0.15, 0.2) is 0 Å². The Morgan fingerprint density at radius 1 is 0.643 bits per heavy atom. The van der Waals surface area contributed by atoms with E-state index in [2.05, 4.69) is 19.6 Å². The third-order valence-electron chi connectivity index (χ3n) is 5.10. The van der Waals surface area contributed by atoms with Crippen molar-refractivity contribution in [2.75, 3.05) is 18.1 Å². The average Bonchev–Trinajstić information content (AvgIpc) is 2.63. The number of thiol groups is 1. The molecule has 0 bridgehead atoms. The van der Waals surface area contributed by atoms with E-state index in [1.165, 1.54) is 103 Å². The molecule has 0 fully saturated rings. The number of rotatable bonds is 22. The Morgan fingerprint density at radius 3 is 1.29 bits per heavy atom. The van der Waals surface area contributed by atoms with E-state index in [4.69, 9.17) is 4.18 Å². The number of hydrogen-bond donors (Lipinski definition) is 1. The molecule has 0 amide bonds. The van der Waals surface area contributed by atoms with Gasteiger partial charge in [-0.3, -0.25) is 4.18 Å². The molecule has 28 heavy (non-hydrogen) atoms. The summed E-state index contributed by atoms with van der Waals surface area (Å²) < 4.78 is 27.6. The van der Waals surface area contributed by atoms with Crippen molar-refractivity contribution in [2.45, 2.75) is 122 Å². The van der Waals surface area contributed by atoms with Crippen molar-refractivity contribution in [1.82, 2.24) is 0 Å². The summed E-state index contributed by atoms with van der Waals surface area (Å²) in [6, 6.07) is 0. The van der Waals surface area contributed by atoms with Gasteiger partial charge in [0, 0.05) is 5.75 Å². The monoisotopic (exact) mass is 446 g/mol. The van der Waals surface area contributed by atoms with Crippen molar-refractivity contribution < 1.29 is 43.6 Å². The quantitative estimate of drug-likeness (QED) is 0.116. The van der Waals surface area contributed by atoms with Crippen LogP contribution in [0.3, 0.4) is 0 Å². The van der Waals surface area contributed by atoms with Gasteiger partial charge in [0.25, 0.3) is 10.1 Å². The number of unbranched alkanes of at least 4 members (excludes halogenated alkanes) is 17. The second kappa shape index (κ2) is 24.5. The van der Waals surface area contributed by atoms with Crippen LogP contribution in [0.1, 0.15) is 124 Å². The van der Waals surface area contributed by atoms with Crippen LogP contribution in [0.2, 0.25) is 0 Å². The zero-order valence-corrected chi connectivity index (χ0v) is 22.6. The topological polar surface area (TPSA) is 43.4 Å². The Hall–Kier alpha value is 1.26. The van der Waals surface area contributed by atoms with Gasteiger partial charge in [-0.25, -0.2) is 0 Å². The van der Waals surface area contributed by atoms with Gasteiger partial charge in [0.1, 0.15) is 0 Å². The van der Waals surface area contributed by atoms with Gasteiger partial charge < -0.3 is 1.43 Å². The molecule has 0 heterocycles. The van der Waals surface area contributed by atoms with Gasteiger partial charge in [0.05, 0.1) is 12.4 Å². The van der Waals surface area contributed by atoms with Gasteiger partial charge in [-0.15, -0.1) is 0 Å². The minimum absolute atomic E-state index is 0. The molecule has 0 atom stereocenters. The minimum atomic E-state index is -3.33. The minimum Gasteiger partial charge on any atom is -1.00 e. The van der Waals surface area contributed by atoms with E-state index in [1.54, 1.807) is 0 Å². The van der Waals surface area contributed by atoms with Gasteiger partial charge in [-0.1, -0.05) is 116 Å². The van der Waals surface area contributed by atoms with E-state index in [9.17, 15) is 8.42 Å². The molecule has 0 rings (SSSR count). The predicted octanol–water partition coefficient (Wildman–Crippen LogP) is 4.42. The molecular weight excluding hydrogens is 399 g/mol. The van der Waals surface area contributed by atoms with Crippen molar-refractivity contribution in [3.63, 3.8) is 0 Å². The summed E-state index contributed by atoms with van der Waals surface area (Å²) in [7, 11) is -3.33. The van der Waals surface area contributed by atoms with Crippen LogP contribution in [-0.4, -0.2) is 26.5 Å². The first kappa shape index (κ1) is 31.4. The molecule has 0 aromatic heterocycles. The first-order chi connectivity index (χ1) is 13.1. The summed E-state index contributed by atoms with van der Waals surface area (Å²) >= 11 is 3.92. The molecule has 0 aliphatic rings. The van der Waals surface area contributed by atoms with Crippen LogP contribution in [0.25, 0.3) is 0 Å². The molecule has 0 aromatic rings. The van der Waals surface area contributed by atoms with E-state index in [0.29, 0.717) is 12.4 Å². The molecule has 0 saturated carbocycles. The Balaban J connectivity index is -0.00000338. The maximum Gasteiger partial charge on any atom is 1.00 e. The van der Waals surface area contributed by atoms with Crippen LogP contribution in [0.4, 0.5) is 0 Å². The predicted molar refractivity (Wildman–Crippen MR) is 123 cm³/mol. The Labute approximate surface area is 205 Å². The number of hydrogen-bond acceptors (Lipinski definition) is 4.